The Balaban J connectivity index is 2.18. The van der Waals surface area contributed by atoms with E-state index in [4.69, 9.17) is 23.2 Å². The lowest BCUT2D eigenvalue weighted by molar-refractivity contribution is 0.492. The van der Waals surface area contributed by atoms with Gasteiger partial charge >= 0.3 is 0 Å². The van der Waals surface area contributed by atoms with Gasteiger partial charge in [0.25, 0.3) is 0 Å². The molecule has 2 aromatic rings. The molecule has 0 amide bonds. The maximum Gasteiger partial charge on any atom is 0.0521 e. The summed E-state index contributed by atoms with van der Waals surface area (Å²) in [4.78, 5) is 0. The van der Waals surface area contributed by atoms with Gasteiger partial charge in [0, 0.05) is 30.4 Å². The van der Waals surface area contributed by atoms with Gasteiger partial charge in [-0.1, -0.05) is 29.8 Å². The lowest BCUT2D eigenvalue weighted by Gasteiger charge is -2.30. The maximum absolute atomic E-state index is 6.26. The molecule has 0 saturated carbocycles. The molecular formula is C16H20Cl2N2. The van der Waals surface area contributed by atoms with Crippen LogP contribution in [0.1, 0.15) is 23.1 Å². The highest BCUT2D eigenvalue weighted by atomic mass is 35.5. The fourth-order valence-corrected chi connectivity index (χ4v) is 3.22. The fourth-order valence-electron chi connectivity index (χ4n) is 2.36. The van der Waals surface area contributed by atoms with Gasteiger partial charge in [-0.15, -0.1) is 23.2 Å². The molecular weight excluding hydrogens is 291 g/mol. The molecule has 1 aromatic carbocycles. The summed E-state index contributed by atoms with van der Waals surface area (Å²) in [6.45, 7) is 2.09. The first-order valence-electron chi connectivity index (χ1n) is 6.76. The largest absolute Gasteiger partial charge is 0.276 e. The minimum absolute atomic E-state index is 0.174. The Hall–Kier alpha value is -0.990. The zero-order chi connectivity index (χ0) is 14.6. The van der Waals surface area contributed by atoms with Crippen LogP contribution in [0.3, 0.4) is 0 Å². The number of hydrogen-bond donors (Lipinski definition) is 0. The highest BCUT2D eigenvalue weighted by molar-refractivity contribution is 6.22. The van der Waals surface area contributed by atoms with Gasteiger partial charge in [0.2, 0.25) is 0 Å². The summed E-state index contributed by atoms with van der Waals surface area (Å²) < 4.78 is 1.82. The summed E-state index contributed by atoms with van der Waals surface area (Å²) in [5.41, 5.74) is 3.52. The van der Waals surface area contributed by atoms with Gasteiger partial charge < -0.3 is 0 Å². The molecule has 0 aliphatic carbocycles. The highest BCUT2D eigenvalue weighted by Gasteiger charge is 2.30. The summed E-state index contributed by atoms with van der Waals surface area (Å²) in [6.07, 6.45) is 5.81. The van der Waals surface area contributed by atoms with Crippen molar-refractivity contribution in [1.82, 2.24) is 9.78 Å². The number of aryl methyl sites for hydroxylation is 3. The zero-order valence-electron chi connectivity index (χ0n) is 11.9. The molecule has 1 aromatic heterocycles. The molecule has 0 spiro atoms. The SMILES string of the molecule is Cc1ccc(C(CCl)(CCl)CCc2cnn(C)c2)cc1. The van der Waals surface area contributed by atoms with Gasteiger partial charge in [0.1, 0.15) is 0 Å². The van der Waals surface area contributed by atoms with Gasteiger partial charge in [-0.25, -0.2) is 0 Å². The second kappa shape index (κ2) is 6.64. The fraction of sp³-hybridized carbons (Fsp3) is 0.438. The van der Waals surface area contributed by atoms with E-state index in [1.54, 1.807) is 0 Å². The van der Waals surface area contributed by atoms with Crippen molar-refractivity contribution in [2.75, 3.05) is 11.8 Å². The second-order valence-electron chi connectivity index (χ2n) is 5.44. The third kappa shape index (κ3) is 3.36. The Morgan fingerprint density at radius 3 is 2.30 bits per heavy atom. The van der Waals surface area contributed by atoms with Crippen LogP contribution in [-0.2, 0) is 18.9 Å². The van der Waals surface area contributed by atoms with Crippen LogP contribution in [0.4, 0.5) is 0 Å². The van der Waals surface area contributed by atoms with Crippen molar-refractivity contribution in [3.63, 3.8) is 0 Å². The minimum Gasteiger partial charge on any atom is -0.276 e. The summed E-state index contributed by atoms with van der Waals surface area (Å²) in [6, 6.07) is 8.52. The van der Waals surface area contributed by atoms with E-state index in [9.17, 15) is 0 Å². The molecule has 0 radical (unpaired) electrons. The Morgan fingerprint density at radius 2 is 1.80 bits per heavy atom. The van der Waals surface area contributed by atoms with Crippen LogP contribution in [0, 0.1) is 6.92 Å². The van der Waals surface area contributed by atoms with E-state index >= 15 is 0 Å². The average molecular weight is 311 g/mol. The number of hydrogen-bond acceptors (Lipinski definition) is 1. The number of aromatic nitrogens is 2. The summed E-state index contributed by atoms with van der Waals surface area (Å²) >= 11 is 12.5. The van der Waals surface area contributed by atoms with E-state index < -0.39 is 0 Å². The van der Waals surface area contributed by atoms with Crippen molar-refractivity contribution < 1.29 is 0 Å². The molecule has 4 heteroatoms. The monoisotopic (exact) mass is 310 g/mol. The molecule has 0 fully saturated rings. The van der Waals surface area contributed by atoms with Crippen LogP contribution in [0.15, 0.2) is 36.7 Å². The van der Waals surface area contributed by atoms with Crippen LogP contribution in [0.5, 0.6) is 0 Å². The minimum atomic E-state index is -0.174. The van der Waals surface area contributed by atoms with Crippen molar-refractivity contribution in [3.05, 3.63) is 53.3 Å². The smallest absolute Gasteiger partial charge is 0.0521 e. The Bertz CT molecular complexity index is 542. The molecule has 0 saturated heterocycles. The molecule has 0 unspecified atom stereocenters. The van der Waals surface area contributed by atoms with E-state index in [2.05, 4.69) is 36.3 Å². The number of benzene rings is 1. The van der Waals surface area contributed by atoms with E-state index in [0.717, 1.165) is 12.8 Å². The number of nitrogens with zero attached hydrogens (tertiary/aromatic N) is 2. The third-order valence-electron chi connectivity index (χ3n) is 3.83. The molecule has 108 valence electrons. The van der Waals surface area contributed by atoms with Crippen LogP contribution >= 0.6 is 23.2 Å². The Morgan fingerprint density at radius 1 is 1.15 bits per heavy atom. The molecule has 0 atom stereocenters. The van der Waals surface area contributed by atoms with E-state index in [1.165, 1.54) is 16.7 Å². The zero-order valence-corrected chi connectivity index (χ0v) is 13.5. The molecule has 2 nitrogen and oxygen atoms in total. The summed E-state index contributed by atoms with van der Waals surface area (Å²) in [5.74, 6) is 1.06. The predicted molar refractivity (Wildman–Crippen MR) is 85.8 cm³/mol. The predicted octanol–water partition coefficient (Wildman–Crippen LogP) is 4.08. The summed E-state index contributed by atoms with van der Waals surface area (Å²) in [7, 11) is 1.93. The van der Waals surface area contributed by atoms with Crippen LogP contribution in [-0.4, -0.2) is 21.5 Å². The van der Waals surface area contributed by atoms with Crippen LogP contribution in [0.25, 0.3) is 0 Å². The topological polar surface area (TPSA) is 17.8 Å². The normalized spacial score (nSPS) is 11.8. The molecule has 0 aliphatic heterocycles. The lowest BCUT2D eigenvalue weighted by Crippen LogP contribution is -2.31. The van der Waals surface area contributed by atoms with Gasteiger partial charge in [0.15, 0.2) is 0 Å². The second-order valence-corrected chi connectivity index (χ2v) is 5.97. The van der Waals surface area contributed by atoms with Crippen molar-refractivity contribution in [2.24, 2.45) is 7.05 Å². The average Bonchev–Trinajstić information content (AvgIpc) is 2.88. The Kier molecular flexibility index (Phi) is 5.11. The third-order valence-corrected chi connectivity index (χ3v) is 4.85. The number of halogens is 2. The number of alkyl halides is 2. The van der Waals surface area contributed by atoms with Crippen molar-refractivity contribution >= 4 is 23.2 Å². The van der Waals surface area contributed by atoms with E-state index in [-0.39, 0.29) is 5.41 Å². The quantitative estimate of drug-likeness (QED) is 0.735. The van der Waals surface area contributed by atoms with Gasteiger partial charge in [0.05, 0.1) is 6.20 Å². The lowest BCUT2D eigenvalue weighted by atomic mass is 9.79. The molecule has 0 bridgehead atoms. The first kappa shape index (κ1) is 15.4. The molecule has 20 heavy (non-hydrogen) atoms. The Labute approximate surface area is 130 Å². The number of rotatable bonds is 6. The standard InChI is InChI=1S/C16H20Cl2N2/c1-13-3-5-15(6-4-13)16(11-17,12-18)8-7-14-9-19-20(2)10-14/h3-6,9-10H,7-8,11-12H2,1-2H3. The highest BCUT2D eigenvalue weighted by Crippen LogP contribution is 2.32. The van der Waals surface area contributed by atoms with Crippen molar-refractivity contribution in [3.8, 4) is 0 Å². The maximum atomic E-state index is 6.26. The van der Waals surface area contributed by atoms with Crippen LogP contribution < -0.4 is 0 Å². The van der Waals surface area contributed by atoms with E-state index in [0.29, 0.717) is 11.8 Å². The molecule has 1 heterocycles. The van der Waals surface area contributed by atoms with E-state index in [1.807, 2.05) is 24.1 Å². The first-order valence-corrected chi connectivity index (χ1v) is 7.83. The van der Waals surface area contributed by atoms with Crippen LogP contribution in [0.2, 0.25) is 0 Å². The van der Waals surface area contributed by atoms with Gasteiger partial charge in [-0.2, -0.15) is 5.10 Å². The first-order chi connectivity index (χ1) is 9.59. The molecule has 0 N–H and O–H groups in total. The van der Waals surface area contributed by atoms with Gasteiger partial charge in [-0.05, 0) is 30.9 Å². The molecule has 2 rings (SSSR count). The summed E-state index contributed by atoms with van der Waals surface area (Å²) in [5, 5.41) is 4.20. The van der Waals surface area contributed by atoms with Gasteiger partial charge in [-0.3, -0.25) is 4.68 Å². The van der Waals surface area contributed by atoms with Crippen molar-refractivity contribution in [2.45, 2.75) is 25.2 Å². The molecule has 0 aliphatic rings. The van der Waals surface area contributed by atoms with Crippen molar-refractivity contribution in [1.29, 1.82) is 0 Å².